The van der Waals surface area contributed by atoms with Crippen molar-refractivity contribution in [2.45, 2.75) is 39.7 Å². The first-order valence-electron chi connectivity index (χ1n) is 4.89. The van der Waals surface area contributed by atoms with Crippen LogP contribution in [0.25, 0.3) is 0 Å². The van der Waals surface area contributed by atoms with Crippen LogP contribution in [0.4, 0.5) is 0 Å². The first kappa shape index (κ1) is 11.8. The monoisotopic (exact) mass is 233 g/mol. The minimum Gasteiger partial charge on any atom is -0.303 e. The Balaban J connectivity index is 2.54. The van der Waals surface area contributed by atoms with E-state index in [9.17, 15) is 4.79 Å². The van der Waals surface area contributed by atoms with Crippen molar-refractivity contribution in [3.8, 4) is 0 Å². The Morgan fingerprint density at radius 3 is 2.50 bits per heavy atom. The molecule has 1 aromatic rings. The molecule has 1 rings (SSSR count). The molecule has 0 N–H and O–H groups in total. The van der Waals surface area contributed by atoms with Gasteiger partial charge in [-0.3, -0.25) is 4.79 Å². The number of aromatic nitrogens is 1. The van der Waals surface area contributed by atoms with Gasteiger partial charge >= 0.3 is 4.87 Å². The zero-order valence-corrected chi connectivity index (χ0v) is 10.2. The van der Waals surface area contributed by atoms with Gasteiger partial charge < -0.3 is 4.57 Å². The van der Waals surface area contributed by atoms with Gasteiger partial charge in [0, 0.05) is 23.0 Å². The Morgan fingerprint density at radius 1 is 1.29 bits per heavy atom. The van der Waals surface area contributed by atoms with E-state index in [1.807, 2.05) is 18.4 Å². The van der Waals surface area contributed by atoms with Gasteiger partial charge in [-0.25, -0.2) is 0 Å². The number of nitrogens with zero attached hydrogens (tertiary/aromatic N) is 1. The molecule has 2 nitrogen and oxygen atoms in total. The Kier molecular flexibility index (Phi) is 4.69. The molecule has 0 unspecified atom stereocenters. The second-order valence-corrected chi connectivity index (χ2v) is 4.95. The summed E-state index contributed by atoms with van der Waals surface area (Å²) in [5.74, 6) is 0.719. The highest BCUT2D eigenvalue weighted by atomic mass is 35.5. The van der Waals surface area contributed by atoms with E-state index in [2.05, 4.69) is 0 Å². The fourth-order valence-corrected chi connectivity index (χ4v) is 2.43. The summed E-state index contributed by atoms with van der Waals surface area (Å²) in [6.45, 7) is 4.84. The van der Waals surface area contributed by atoms with E-state index in [1.54, 1.807) is 0 Å². The van der Waals surface area contributed by atoms with Crippen molar-refractivity contribution in [3.63, 3.8) is 0 Å². The van der Waals surface area contributed by atoms with Gasteiger partial charge in [0.1, 0.15) is 0 Å². The van der Waals surface area contributed by atoms with Crippen LogP contribution in [-0.4, -0.2) is 10.4 Å². The Morgan fingerprint density at radius 2 is 2.00 bits per heavy atom. The van der Waals surface area contributed by atoms with Crippen molar-refractivity contribution < 1.29 is 0 Å². The first-order chi connectivity index (χ1) is 6.66. The molecule has 0 saturated carbocycles. The number of thiazole rings is 1. The van der Waals surface area contributed by atoms with Gasteiger partial charge in [-0.05, 0) is 26.7 Å². The van der Waals surface area contributed by atoms with Crippen LogP contribution in [0, 0.1) is 13.8 Å². The third-order valence-electron chi connectivity index (χ3n) is 2.39. The average Bonchev–Trinajstić information content (AvgIpc) is 2.38. The van der Waals surface area contributed by atoms with Crippen LogP contribution >= 0.6 is 22.9 Å². The van der Waals surface area contributed by atoms with Gasteiger partial charge in [0.15, 0.2) is 0 Å². The Labute approximate surface area is 93.5 Å². The molecule has 1 heterocycles. The average molecular weight is 234 g/mol. The number of aryl methyl sites for hydroxylation is 1. The second kappa shape index (κ2) is 5.56. The van der Waals surface area contributed by atoms with E-state index in [4.69, 9.17) is 11.6 Å². The highest BCUT2D eigenvalue weighted by Crippen LogP contribution is 2.10. The molecule has 0 aliphatic carbocycles. The van der Waals surface area contributed by atoms with Gasteiger partial charge in [0.2, 0.25) is 0 Å². The van der Waals surface area contributed by atoms with Crippen LogP contribution in [0.2, 0.25) is 0 Å². The summed E-state index contributed by atoms with van der Waals surface area (Å²) in [6.07, 6.45) is 3.19. The molecule has 0 atom stereocenters. The zero-order chi connectivity index (χ0) is 10.6. The Hall–Kier alpha value is -0.280. The lowest BCUT2D eigenvalue weighted by molar-refractivity contribution is 0.586. The topological polar surface area (TPSA) is 22.0 Å². The number of alkyl halides is 1. The highest BCUT2D eigenvalue weighted by molar-refractivity contribution is 7.09. The largest absolute Gasteiger partial charge is 0.307 e. The SMILES string of the molecule is Cc1sc(=O)n(CCCCCCl)c1C. The normalized spacial score (nSPS) is 10.8. The molecule has 80 valence electrons. The maximum absolute atomic E-state index is 11.5. The summed E-state index contributed by atoms with van der Waals surface area (Å²) in [4.78, 5) is 12.8. The molecule has 1 aromatic heterocycles. The van der Waals surface area contributed by atoms with Gasteiger partial charge in [0.25, 0.3) is 0 Å². The molecule has 4 heteroatoms. The first-order valence-corrected chi connectivity index (χ1v) is 6.24. The number of hydrogen-bond acceptors (Lipinski definition) is 2. The van der Waals surface area contributed by atoms with Crippen LogP contribution in [0.15, 0.2) is 4.79 Å². The molecule has 0 aromatic carbocycles. The molecule has 0 amide bonds. The van der Waals surface area contributed by atoms with E-state index in [-0.39, 0.29) is 4.87 Å². The molecule has 0 spiro atoms. The number of hydrogen-bond donors (Lipinski definition) is 0. The Bertz CT molecular complexity index is 342. The summed E-state index contributed by atoms with van der Waals surface area (Å²) in [7, 11) is 0. The van der Waals surface area contributed by atoms with E-state index in [1.165, 1.54) is 11.3 Å². The van der Waals surface area contributed by atoms with Gasteiger partial charge in [-0.15, -0.1) is 11.6 Å². The lowest BCUT2D eigenvalue weighted by atomic mass is 10.2. The van der Waals surface area contributed by atoms with E-state index >= 15 is 0 Å². The summed E-state index contributed by atoms with van der Waals surface area (Å²) in [5, 5.41) is 0. The summed E-state index contributed by atoms with van der Waals surface area (Å²) >= 11 is 6.92. The summed E-state index contributed by atoms with van der Waals surface area (Å²) in [6, 6.07) is 0. The molecule has 0 bridgehead atoms. The van der Waals surface area contributed by atoms with Gasteiger partial charge in [0.05, 0.1) is 0 Å². The fourth-order valence-electron chi connectivity index (χ4n) is 1.39. The molecule has 14 heavy (non-hydrogen) atoms. The number of rotatable bonds is 5. The fraction of sp³-hybridized carbons (Fsp3) is 0.700. The minimum absolute atomic E-state index is 0.172. The van der Waals surface area contributed by atoms with Crippen molar-refractivity contribution in [1.29, 1.82) is 0 Å². The molecular weight excluding hydrogens is 218 g/mol. The summed E-state index contributed by atoms with van der Waals surface area (Å²) in [5.41, 5.74) is 1.12. The molecule has 0 radical (unpaired) electrons. The van der Waals surface area contributed by atoms with Crippen molar-refractivity contribution in [1.82, 2.24) is 4.57 Å². The number of halogens is 1. The van der Waals surface area contributed by atoms with E-state index < -0.39 is 0 Å². The predicted octanol–water partition coefficient (Wildman–Crippen LogP) is 2.94. The molecular formula is C10H16ClNOS. The smallest absolute Gasteiger partial charge is 0.303 e. The maximum Gasteiger partial charge on any atom is 0.307 e. The van der Waals surface area contributed by atoms with Crippen molar-refractivity contribution >= 4 is 22.9 Å². The van der Waals surface area contributed by atoms with Crippen LogP contribution in [0.5, 0.6) is 0 Å². The molecule has 0 aliphatic heterocycles. The second-order valence-electron chi connectivity index (χ2n) is 3.41. The van der Waals surface area contributed by atoms with Crippen molar-refractivity contribution in [2.75, 3.05) is 5.88 Å². The zero-order valence-electron chi connectivity index (χ0n) is 8.68. The third kappa shape index (κ3) is 2.85. The van der Waals surface area contributed by atoms with Crippen LogP contribution in [0.3, 0.4) is 0 Å². The van der Waals surface area contributed by atoms with Crippen molar-refractivity contribution in [2.24, 2.45) is 0 Å². The lowest BCUT2D eigenvalue weighted by Crippen LogP contribution is -2.14. The highest BCUT2D eigenvalue weighted by Gasteiger charge is 2.05. The lowest BCUT2D eigenvalue weighted by Gasteiger charge is -2.03. The number of unbranched alkanes of at least 4 members (excludes halogenated alkanes) is 2. The molecule has 0 aliphatic rings. The quantitative estimate of drug-likeness (QED) is 0.566. The third-order valence-corrected chi connectivity index (χ3v) is 3.65. The van der Waals surface area contributed by atoms with Crippen LogP contribution in [0.1, 0.15) is 29.8 Å². The maximum atomic E-state index is 11.5. The van der Waals surface area contributed by atoms with E-state index in [0.29, 0.717) is 0 Å². The molecule has 0 saturated heterocycles. The van der Waals surface area contributed by atoms with Gasteiger partial charge in [-0.2, -0.15) is 0 Å². The summed E-state index contributed by atoms with van der Waals surface area (Å²) < 4.78 is 1.87. The standard InChI is InChI=1S/C10H16ClNOS/c1-8-9(2)14-10(13)12(8)7-5-3-4-6-11/h3-7H2,1-2H3. The predicted molar refractivity (Wildman–Crippen MR) is 62.6 cm³/mol. The van der Waals surface area contributed by atoms with Crippen LogP contribution in [-0.2, 0) is 6.54 Å². The van der Waals surface area contributed by atoms with Crippen molar-refractivity contribution in [3.05, 3.63) is 20.2 Å². The minimum atomic E-state index is 0.172. The van der Waals surface area contributed by atoms with Crippen LogP contribution < -0.4 is 4.87 Å². The van der Waals surface area contributed by atoms with Gasteiger partial charge in [-0.1, -0.05) is 17.8 Å². The molecule has 0 fully saturated rings. The van der Waals surface area contributed by atoms with E-state index in [0.717, 1.165) is 42.3 Å².